The van der Waals surface area contributed by atoms with Gasteiger partial charge in [-0.3, -0.25) is 9.52 Å². The number of benzene rings is 1. The molecule has 0 bridgehead atoms. The molecule has 0 saturated carbocycles. The SMILES string of the molecule is COc1ccccc1NS(=O)(=O)c1cc(-c2nnc(C(=O)N3CCCC3)o2)sc1C. The first-order valence-corrected chi connectivity index (χ1v) is 11.6. The van der Waals surface area contributed by atoms with Gasteiger partial charge in [0.25, 0.3) is 15.9 Å². The monoisotopic (exact) mass is 448 g/mol. The van der Waals surface area contributed by atoms with Gasteiger partial charge in [0.05, 0.1) is 17.7 Å². The molecule has 0 spiro atoms. The highest BCUT2D eigenvalue weighted by atomic mass is 32.2. The van der Waals surface area contributed by atoms with Crippen LogP contribution in [0, 0.1) is 6.92 Å². The lowest BCUT2D eigenvalue weighted by Gasteiger charge is -2.11. The zero-order valence-electron chi connectivity index (χ0n) is 16.4. The number of likely N-dealkylation sites (tertiary alicyclic amines) is 1. The fraction of sp³-hybridized carbons (Fsp3) is 0.316. The Morgan fingerprint density at radius 3 is 2.70 bits per heavy atom. The maximum Gasteiger partial charge on any atom is 0.311 e. The van der Waals surface area contributed by atoms with Gasteiger partial charge < -0.3 is 14.1 Å². The number of amides is 1. The molecule has 0 atom stereocenters. The number of thiophene rings is 1. The Bertz CT molecular complexity index is 1180. The molecule has 2 aromatic heterocycles. The van der Waals surface area contributed by atoms with E-state index in [1.807, 2.05) is 0 Å². The van der Waals surface area contributed by atoms with Crippen molar-refractivity contribution in [1.82, 2.24) is 15.1 Å². The first-order valence-electron chi connectivity index (χ1n) is 9.28. The molecular formula is C19H20N4O5S2. The highest BCUT2D eigenvalue weighted by Crippen LogP contribution is 2.35. The van der Waals surface area contributed by atoms with Gasteiger partial charge in [0.15, 0.2) is 0 Å². The summed E-state index contributed by atoms with van der Waals surface area (Å²) in [6.07, 6.45) is 1.91. The van der Waals surface area contributed by atoms with Gasteiger partial charge in [0, 0.05) is 18.0 Å². The Hall–Kier alpha value is -2.92. The summed E-state index contributed by atoms with van der Waals surface area (Å²) < 4.78 is 39.2. The molecule has 11 heteroatoms. The average Bonchev–Trinajstić information content (AvgIpc) is 3.48. The van der Waals surface area contributed by atoms with Crippen LogP contribution in [0.25, 0.3) is 10.8 Å². The number of aromatic nitrogens is 2. The molecule has 1 aromatic carbocycles. The van der Waals surface area contributed by atoms with Gasteiger partial charge >= 0.3 is 11.8 Å². The molecule has 4 rings (SSSR count). The van der Waals surface area contributed by atoms with Gasteiger partial charge in [-0.1, -0.05) is 12.1 Å². The van der Waals surface area contributed by atoms with Crippen molar-refractivity contribution in [3.05, 3.63) is 41.1 Å². The average molecular weight is 449 g/mol. The number of carbonyl (C=O) groups excluding carboxylic acids is 1. The van der Waals surface area contributed by atoms with Crippen LogP contribution in [0.3, 0.4) is 0 Å². The number of anilines is 1. The molecule has 1 amide bonds. The van der Waals surface area contributed by atoms with Gasteiger partial charge in [0.2, 0.25) is 0 Å². The van der Waals surface area contributed by atoms with E-state index in [0.717, 1.165) is 12.8 Å². The van der Waals surface area contributed by atoms with E-state index < -0.39 is 10.0 Å². The third kappa shape index (κ3) is 3.90. The Kier molecular flexibility index (Phi) is 5.48. The molecule has 0 radical (unpaired) electrons. The number of nitrogens with zero attached hydrogens (tertiary/aromatic N) is 3. The second-order valence-electron chi connectivity index (χ2n) is 6.75. The van der Waals surface area contributed by atoms with Crippen molar-refractivity contribution in [1.29, 1.82) is 0 Å². The fourth-order valence-electron chi connectivity index (χ4n) is 3.23. The zero-order valence-corrected chi connectivity index (χ0v) is 18.0. The standard InChI is InChI=1S/C19H20N4O5S2/c1-12-16(30(25,26)22-13-7-3-4-8-14(13)27-2)11-15(29-12)17-20-21-18(28-17)19(24)23-9-5-6-10-23/h3-4,7-8,11,22H,5-6,9-10H2,1-2H3. The second kappa shape index (κ2) is 8.07. The van der Waals surface area contributed by atoms with Crippen LogP contribution in [-0.4, -0.2) is 49.6 Å². The minimum Gasteiger partial charge on any atom is -0.495 e. The molecular weight excluding hydrogens is 428 g/mol. The van der Waals surface area contributed by atoms with Crippen molar-refractivity contribution in [3.8, 4) is 16.5 Å². The summed E-state index contributed by atoms with van der Waals surface area (Å²) in [7, 11) is -2.40. The van der Waals surface area contributed by atoms with Crippen molar-refractivity contribution >= 4 is 33.0 Å². The van der Waals surface area contributed by atoms with Gasteiger partial charge in [-0.05, 0) is 38.0 Å². The lowest BCUT2D eigenvalue weighted by molar-refractivity contribution is 0.0754. The van der Waals surface area contributed by atoms with Crippen molar-refractivity contribution in [2.24, 2.45) is 0 Å². The van der Waals surface area contributed by atoms with Gasteiger partial charge in [0.1, 0.15) is 10.6 Å². The summed E-state index contributed by atoms with van der Waals surface area (Å²) in [5, 5.41) is 7.78. The summed E-state index contributed by atoms with van der Waals surface area (Å²) in [6, 6.07) is 8.22. The number of hydrogen-bond donors (Lipinski definition) is 1. The van der Waals surface area contributed by atoms with E-state index in [1.165, 1.54) is 24.5 Å². The zero-order chi connectivity index (χ0) is 21.3. The summed E-state index contributed by atoms with van der Waals surface area (Å²) in [6.45, 7) is 3.04. The molecule has 3 heterocycles. The van der Waals surface area contributed by atoms with Gasteiger partial charge in [-0.15, -0.1) is 21.5 Å². The molecule has 0 unspecified atom stereocenters. The number of para-hydroxylation sites is 2. The number of carbonyl (C=O) groups is 1. The normalized spacial score (nSPS) is 14.1. The topological polar surface area (TPSA) is 115 Å². The van der Waals surface area contributed by atoms with Gasteiger partial charge in [-0.25, -0.2) is 8.42 Å². The summed E-state index contributed by atoms with van der Waals surface area (Å²) in [5.74, 6) is 0.139. The third-order valence-electron chi connectivity index (χ3n) is 4.73. The van der Waals surface area contributed by atoms with Crippen molar-refractivity contribution in [3.63, 3.8) is 0 Å². The molecule has 1 aliphatic heterocycles. The van der Waals surface area contributed by atoms with E-state index in [1.54, 1.807) is 36.1 Å². The molecule has 0 aliphatic carbocycles. The Balaban J connectivity index is 1.59. The largest absolute Gasteiger partial charge is 0.495 e. The molecule has 1 N–H and O–H groups in total. The number of rotatable bonds is 6. The number of sulfonamides is 1. The van der Waals surface area contributed by atoms with Crippen LogP contribution in [0.15, 0.2) is 39.6 Å². The minimum atomic E-state index is -3.87. The molecule has 1 aliphatic rings. The van der Waals surface area contributed by atoms with Crippen molar-refractivity contribution in [2.75, 3.05) is 24.9 Å². The fourth-order valence-corrected chi connectivity index (χ4v) is 5.82. The Morgan fingerprint density at radius 2 is 1.97 bits per heavy atom. The molecule has 30 heavy (non-hydrogen) atoms. The van der Waals surface area contributed by atoms with E-state index in [2.05, 4.69) is 14.9 Å². The van der Waals surface area contributed by atoms with Crippen LogP contribution >= 0.6 is 11.3 Å². The minimum absolute atomic E-state index is 0.0884. The van der Waals surface area contributed by atoms with Crippen LogP contribution in [-0.2, 0) is 10.0 Å². The summed E-state index contributed by atoms with van der Waals surface area (Å²) >= 11 is 1.20. The van der Waals surface area contributed by atoms with Crippen molar-refractivity contribution < 1.29 is 22.4 Å². The summed E-state index contributed by atoms with van der Waals surface area (Å²) in [5.41, 5.74) is 0.337. The van der Waals surface area contributed by atoms with Crippen LogP contribution in [0.5, 0.6) is 5.75 Å². The third-order valence-corrected chi connectivity index (χ3v) is 7.38. The van der Waals surface area contributed by atoms with E-state index in [9.17, 15) is 13.2 Å². The molecule has 3 aromatic rings. The Labute approximate surface area is 177 Å². The van der Waals surface area contributed by atoms with E-state index >= 15 is 0 Å². The summed E-state index contributed by atoms with van der Waals surface area (Å²) in [4.78, 5) is 15.2. The number of ether oxygens (including phenoxy) is 1. The maximum absolute atomic E-state index is 12.9. The highest BCUT2D eigenvalue weighted by Gasteiger charge is 2.27. The number of nitrogens with one attached hydrogen (secondary N) is 1. The number of methoxy groups -OCH3 is 1. The van der Waals surface area contributed by atoms with Crippen molar-refractivity contribution in [2.45, 2.75) is 24.7 Å². The molecule has 158 valence electrons. The Morgan fingerprint density at radius 1 is 1.23 bits per heavy atom. The molecule has 1 fully saturated rings. The van der Waals surface area contributed by atoms with E-state index in [0.29, 0.717) is 34.3 Å². The van der Waals surface area contributed by atoms with Crippen LogP contribution in [0.1, 0.15) is 28.4 Å². The molecule has 9 nitrogen and oxygen atoms in total. The quantitative estimate of drug-likeness (QED) is 0.616. The predicted molar refractivity (Wildman–Crippen MR) is 111 cm³/mol. The van der Waals surface area contributed by atoms with Crippen LogP contribution in [0.4, 0.5) is 5.69 Å². The first-order chi connectivity index (χ1) is 14.4. The number of aryl methyl sites for hydroxylation is 1. The van der Waals surface area contributed by atoms with Crippen LogP contribution < -0.4 is 9.46 Å². The van der Waals surface area contributed by atoms with E-state index in [4.69, 9.17) is 9.15 Å². The predicted octanol–water partition coefficient (Wildman–Crippen LogP) is 3.15. The lowest BCUT2D eigenvalue weighted by atomic mass is 10.3. The first kappa shape index (κ1) is 20.4. The highest BCUT2D eigenvalue weighted by molar-refractivity contribution is 7.93. The lowest BCUT2D eigenvalue weighted by Crippen LogP contribution is -2.27. The number of hydrogen-bond acceptors (Lipinski definition) is 8. The van der Waals surface area contributed by atoms with E-state index in [-0.39, 0.29) is 22.6 Å². The van der Waals surface area contributed by atoms with Gasteiger partial charge in [-0.2, -0.15) is 0 Å². The maximum atomic E-state index is 12.9. The molecule has 1 saturated heterocycles. The van der Waals surface area contributed by atoms with Crippen LogP contribution in [0.2, 0.25) is 0 Å². The second-order valence-corrected chi connectivity index (χ2v) is 9.66. The smallest absolute Gasteiger partial charge is 0.311 e.